The number of hydrogen-bond donors (Lipinski definition) is 1. The van der Waals surface area contributed by atoms with Crippen LogP contribution in [0.15, 0.2) is 76.9 Å². The van der Waals surface area contributed by atoms with Gasteiger partial charge < -0.3 is 19.9 Å². The molecule has 2 atom stereocenters. The molecule has 0 amide bonds. The van der Waals surface area contributed by atoms with Gasteiger partial charge in [0.2, 0.25) is 5.88 Å². The highest BCUT2D eigenvalue weighted by atomic mass is 16.5. The molecule has 0 radical (unpaired) electrons. The fraction of sp³-hybridized carbons (Fsp3) is 0.321. The van der Waals surface area contributed by atoms with Crippen molar-refractivity contribution < 1.29 is 14.2 Å². The minimum absolute atomic E-state index is 0.183. The van der Waals surface area contributed by atoms with E-state index in [9.17, 15) is 5.26 Å². The van der Waals surface area contributed by atoms with Crippen LogP contribution in [-0.4, -0.2) is 13.2 Å². The third-order valence-electron chi connectivity index (χ3n) is 6.01. The third kappa shape index (κ3) is 4.75. The van der Waals surface area contributed by atoms with E-state index in [-0.39, 0.29) is 11.8 Å². The minimum atomic E-state index is -0.221. The Bertz CT molecular complexity index is 1140. The van der Waals surface area contributed by atoms with E-state index in [0.29, 0.717) is 24.7 Å². The second kappa shape index (κ2) is 9.87. The second-order valence-electron chi connectivity index (χ2n) is 8.47. The summed E-state index contributed by atoms with van der Waals surface area (Å²) in [6, 6.07) is 18.3. The summed E-state index contributed by atoms with van der Waals surface area (Å²) < 4.78 is 17.3. The predicted octanol–water partition coefficient (Wildman–Crippen LogP) is 6.06. The fourth-order valence-corrected chi connectivity index (χ4v) is 4.64. The van der Waals surface area contributed by atoms with Gasteiger partial charge in [-0.05, 0) is 85.2 Å². The Balaban J connectivity index is 1.76. The molecule has 1 aliphatic heterocycles. The van der Waals surface area contributed by atoms with Gasteiger partial charge in [-0.1, -0.05) is 31.2 Å². The van der Waals surface area contributed by atoms with Crippen LogP contribution in [0.1, 0.15) is 50.7 Å². The Morgan fingerprint density at radius 3 is 2.18 bits per heavy atom. The SMILES string of the molecule is CCOc1ccc(/C=C2\CC(C)CC3=C2OC(N)=C(C#N)C3c2ccc(OCC)cc2)cc1. The lowest BCUT2D eigenvalue weighted by Gasteiger charge is -2.35. The minimum Gasteiger partial charge on any atom is -0.494 e. The first kappa shape index (κ1) is 22.5. The largest absolute Gasteiger partial charge is 0.494 e. The molecule has 2 aromatic carbocycles. The van der Waals surface area contributed by atoms with Crippen LogP contribution < -0.4 is 15.2 Å². The molecule has 2 aliphatic rings. The van der Waals surface area contributed by atoms with Gasteiger partial charge in [-0.3, -0.25) is 0 Å². The van der Waals surface area contributed by atoms with Gasteiger partial charge in [0.15, 0.2) is 0 Å². The van der Waals surface area contributed by atoms with Crippen molar-refractivity contribution in [3.05, 3.63) is 88.0 Å². The van der Waals surface area contributed by atoms with Crippen molar-refractivity contribution in [3.8, 4) is 17.6 Å². The van der Waals surface area contributed by atoms with Crippen LogP contribution in [0.4, 0.5) is 0 Å². The van der Waals surface area contributed by atoms with Crippen molar-refractivity contribution in [2.45, 2.75) is 39.5 Å². The number of ether oxygens (including phenoxy) is 3. The number of nitriles is 1. The van der Waals surface area contributed by atoms with Gasteiger partial charge in [-0.25, -0.2) is 0 Å². The summed E-state index contributed by atoms with van der Waals surface area (Å²) in [4.78, 5) is 0. The molecule has 0 fully saturated rings. The van der Waals surface area contributed by atoms with E-state index in [0.717, 1.165) is 52.4 Å². The van der Waals surface area contributed by atoms with Crippen LogP contribution in [0.25, 0.3) is 6.08 Å². The Hall–Kier alpha value is -3.65. The van der Waals surface area contributed by atoms with Crippen LogP contribution in [0.2, 0.25) is 0 Å². The summed E-state index contributed by atoms with van der Waals surface area (Å²) in [5.74, 6) is 2.85. The van der Waals surface area contributed by atoms with Crippen LogP contribution in [0, 0.1) is 17.2 Å². The summed E-state index contributed by atoms with van der Waals surface area (Å²) >= 11 is 0. The summed E-state index contributed by atoms with van der Waals surface area (Å²) in [6.45, 7) is 7.42. The maximum Gasteiger partial charge on any atom is 0.205 e. The van der Waals surface area contributed by atoms with Gasteiger partial charge in [0.1, 0.15) is 28.9 Å². The van der Waals surface area contributed by atoms with E-state index in [1.54, 1.807) is 0 Å². The molecule has 0 aromatic heterocycles. The van der Waals surface area contributed by atoms with E-state index in [1.165, 1.54) is 0 Å². The number of nitrogens with two attached hydrogens (primary N) is 1. The lowest BCUT2D eigenvalue weighted by atomic mass is 9.74. The second-order valence-corrected chi connectivity index (χ2v) is 8.47. The first-order valence-electron chi connectivity index (χ1n) is 11.5. The lowest BCUT2D eigenvalue weighted by Crippen LogP contribution is -2.25. The molecule has 2 N–H and O–H groups in total. The number of allylic oxidation sites excluding steroid dienone is 3. The molecule has 0 bridgehead atoms. The Kier molecular flexibility index (Phi) is 6.74. The van der Waals surface area contributed by atoms with Gasteiger partial charge in [-0.2, -0.15) is 5.26 Å². The molecule has 4 rings (SSSR count). The summed E-state index contributed by atoms with van der Waals surface area (Å²) in [5, 5.41) is 9.92. The Morgan fingerprint density at radius 2 is 1.61 bits per heavy atom. The highest BCUT2D eigenvalue weighted by molar-refractivity contribution is 5.63. The zero-order valence-electron chi connectivity index (χ0n) is 19.4. The first-order chi connectivity index (χ1) is 16.0. The molecule has 0 saturated carbocycles. The highest BCUT2D eigenvalue weighted by Gasteiger charge is 2.37. The van der Waals surface area contributed by atoms with Crippen molar-refractivity contribution in [1.82, 2.24) is 0 Å². The average Bonchev–Trinajstić information content (AvgIpc) is 2.81. The number of benzene rings is 2. The standard InChI is InChI=1S/C28H30N2O3/c1-4-31-22-10-6-19(7-11-22)16-21-14-18(3)15-24-26(25(17-29)28(30)33-27(21)24)20-8-12-23(13-9-20)32-5-2/h6-13,16,18,26H,4-5,14-15,30H2,1-3H3/b21-16+. The van der Waals surface area contributed by atoms with E-state index in [1.807, 2.05) is 62.4 Å². The van der Waals surface area contributed by atoms with Crippen LogP contribution in [0.5, 0.6) is 11.5 Å². The molecule has 1 aliphatic carbocycles. The predicted molar refractivity (Wildman–Crippen MR) is 129 cm³/mol. The number of nitrogens with zero attached hydrogens (tertiary/aromatic N) is 1. The number of rotatable bonds is 6. The zero-order valence-corrected chi connectivity index (χ0v) is 19.4. The van der Waals surface area contributed by atoms with E-state index in [4.69, 9.17) is 19.9 Å². The molecular formula is C28H30N2O3. The lowest BCUT2D eigenvalue weighted by molar-refractivity contribution is 0.268. The highest BCUT2D eigenvalue weighted by Crippen LogP contribution is 2.48. The fourth-order valence-electron chi connectivity index (χ4n) is 4.64. The number of hydrogen-bond acceptors (Lipinski definition) is 5. The Labute approximate surface area is 195 Å². The van der Waals surface area contributed by atoms with Crippen LogP contribution in [0.3, 0.4) is 0 Å². The van der Waals surface area contributed by atoms with Gasteiger partial charge in [0.05, 0.1) is 13.2 Å². The zero-order chi connectivity index (χ0) is 23.4. The quantitative estimate of drug-likeness (QED) is 0.588. The molecule has 0 spiro atoms. The Morgan fingerprint density at radius 1 is 1.00 bits per heavy atom. The normalized spacial score (nSPS) is 21.3. The molecule has 5 heteroatoms. The van der Waals surface area contributed by atoms with Crippen molar-refractivity contribution in [2.75, 3.05) is 13.2 Å². The van der Waals surface area contributed by atoms with Crippen molar-refractivity contribution in [3.63, 3.8) is 0 Å². The van der Waals surface area contributed by atoms with Gasteiger partial charge in [-0.15, -0.1) is 0 Å². The monoisotopic (exact) mass is 442 g/mol. The van der Waals surface area contributed by atoms with Crippen molar-refractivity contribution >= 4 is 6.08 Å². The van der Waals surface area contributed by atoms with E-state index >= 15 is 0 Å². The summed E-state index contributed by atoms with van der Waals surface area (Å²) in [7, 11) is 0. The van der Waals surface area contributed by atoms with Gasteiger partial charge in [0.25, 0.3) is 0 Å². The van der Waals surface area contributed by atoms with Gasteiger partial charge in [0, 0.05) is 5.92 Å². The summed E-state index contributed by atoms with van der Waals surface area (Å²) in [6.07, 6.45) is 3.89. The molecular weight excluding hydrogens is 412 g/mol. The third-order valence-corrected chi connectivity index (χ3v) is 6.01. The molecule has 2 unspecified atom stereocenters. The topological polar surface area (TPSA) is 77.5 Å². The van der Waals surface area contributed by atoms with Crippen molar-refractivity contribution in [1.29, 1.82) is 5.26 Å². The molecule has 2 aromatic rings. The maximum atomic E-state index is 9.92. The molecule has 5 nitrogen and oxygen atoms in total. The van der Waals surface area contributed by atoms with E-state index in [2.05, 4.69) is 19.1 Å². The smallest absolute Gasteiger partial charge is 0.205 e. The molecule has 170 valence electrons. The molecule has 1 heterocycles. The van der Waals surface area contributed by atoms with Crippen LogP contribution >= 0.6 is 0 Å². The molecule has 33 heavy (non-hydrogen) atoms. The first-order valence-corrected chi connectivity index (χ1v) is 11.5. The van der Waals surface area contributed by atoms with Gasteiger partial charge >= 0.3 is 0 Å². The summed E-state index contributed by atoms with van der Waals surface area (Å²) in [5.41, 5.74) is 11.0. The van der Waals surface area contributed by atoms with E-state index < -0.39 is 0 Å². The maximum absolute atomic E-state index is 9.92. The average molecular weight is 443 g/mol. The molecule has 0 saturated heterocycles. The van der Waals surface area contributed by atoms with Crippen LogP contribution in [-0.2, 0) is 4.74 Å². The van der Waals surface area contributed by atoms with Crippen molar-refractivity contribution in [2.24, 2.45) is 11.7 Å².